The minimum Gasteiger partial charge on any atom is -0.166 e. The van der Waals surface area contributed by atoms with Gasteiger partial charge in [-0.1, -0.05) is 69.0 Å². The van der Waals surface area contributed by atoms with Gasteiger partial charge in [-0.2, -0.15) is 13.2 Å². The van der Waals surface area contributed by atoms with Crippen molar-refractivity contribution in [3.8, 4) is 0 Å². The van der Waals surface area contributed by atoms with Crippen molar-refractivity contribution in [2.45, 2.75) is 58.0 Å². The summed E-state index contributed by atoms with van der Waals surface area (Å²) < 4.78 is 39.8. The van der Waals surface area contributed by atoms with Crippen LogP contribution in [0.4, 0.5) is 13.2 Å². The van der Waals surface area contributed by atoms with E-state index in [0.717, 1.165) is 19.3 Å². The molecule has 0 heterocycles. The monoisotopic (exact) mass is 354 g/mol. The molecule has 6 heteroatoms. The highest BCUT2D eigenvalue weighted by atomic mass is 32.9. The first kappa shape index (κ1) is 19.1. The molecule has 1 aromatic carbocycles. The van der Waals surface area contributed by atoms with Gasteiger partial charge in [-0.15, -0.1) is 12.2 Å². The lowest BCUT2D eigenvalue weighted by Crippen LogP contribution is -2.19. The Morgan fingerprint density at radius 3 is 2.29 bits per heavy atom. The molecule has 0 nitrogen and oxygen atoms in total. The van der Waals surface area contributed by atoms with Gasteiger partial charge in [-0.3, -0.25) is 0 Å². The predicted octanol–water partition coefficient (Wildman–Crippen LogP) is 5.75. The average molecular weight is 354 g/mol. The van der Waals surface area contributed by atoms with Crippen molar-refractivity contribution in [2.24, 2.45) is 0 Å². The Morgan fingerprint density at radius 2 is 1.71 bits per heavy atom. The quantitative estimate of drug-likeness (QED) is 0.352. The van der Waals surface area contributed by atoms with Crippen molar-refractivity contribution in [3.05, 3.63) is 29.3 Å². The standard InChI is InChI=1S/C15H22F3PS2/c1-2-3-4-5-6-7-9-12-10-8-11-13(19(20)21)14(12)15(16,17)18/h8,10-11,19H,2-7,9H2,1H3,(H,20,21). The molecule has 120 valence electrons. The van der Waals surface area contributed by atoms with Crippen molar-refractivity contribution in [2.75, 3.05) is 0 Å². The maximum absolute atomic E-state index is 13.3. The largest absolute Gasteiger partial charge is 0.417 e. The maximum atomic E-state index is 13.3. The lowest BCUT2D eigenvalue weighted by molar-refractivity contribution is -0.137. The van der Waals surface area contributed by atoms with Gasteiger partial charge in [-0.25, -0.2) is 0 Å². The van der Waals surface area contributed by atoms with Crippen LogP contribution in [0.3, 0.4) is 0 Å². The Balaban J connectivity index is 2.78. The third kappa shape index (κ3) is 6.33. The van der Waals surface area contributed by atoms with Crippen LogP contribution in [0.1, 0.15) is 56.6 Å². The number of hydrogen-bond donors (Lipinski definition) is 1. The van der Waals surface area contributed by atoms with E-state index in [9.17, 15) is 13.2 Å². The van der Waals surface area contributed by atoms with Gasteiger partial charge in [0.05, 0.1) is 5.56 Å². The number of benzene rings is 1. The smallest absolute Gasteiger partial charge is 0.166 e. The Labute approximate surface area is 136 Å². The summed E-state index contributed by atoms with van der Waals surface area (Å²) in [5.41, 5.74) is -0.158. The van der Waals surface area contributed by atoms with Gasteiger partial charge in [-0.05, 0) is 18.4 Å². The van der Waals surface area contributed by atoms with E-state index in [1.54, 1.807) is 12.1 Å². The van der Waals surface area contributed by atoms with E-state index in [0.29, 0.717) is 12.0 Å². The summed E-state index contributed by atoms with van der Waals surface area (Å²) in [6.45, 7) is 2.15. The third-order valence-electron chi connectivity index (χ3n) is 3.46. The number of thiol groups is 1. The number of rotatable bonds is 8. The lowest BCUT2D eigenvalue weighted by atomic mass is 10.00. The molecular weight excluding hydrogens is 332 g/mol. The number of alkyl halides is 3. The van der Waals surface area contributed by atoms with Crippen LogP contribution in [0.15, 0.2) is 18.2 Å². The van der Waals surface area contributed by atoms with E-state index < -0.39 is 17.6 Å². The summed E-state index contributed by atoms with van der Waals surface area (Å²) in [4.78, 5) is 0. The normalized spacial score (nSPS) is 13.4. The van der Waals surface area contributed by atoms with Crippen molar-refractivity contribution >= 4 is 35.3 Å². The first-order chi connectivity index (χ1) is 9.88. The molecule has 0 bridgehead atoms. The van der Waals surface area contributed by atoms with E-state index >= 15 is 0 Å². The topological polar surface area (TPSA) is 0 Å². The summed E-state index contributed by atoms with van der Waals surface area (Å²) in [5.74, 6) is -1.83. The molecule has 0 spiro atoms. The summed E-state index contributed by atoms with van der Waals surface area (Å²) in [7, 11) is 0. The Hall–Kier alpha value is 0.01000. The number of halogens is 3. The van der Waals surface area contributed by atoms with Crippen LogP contribution in [0.25, 0.3) is 0 Å². The number of unbranched alkanes of at least 4 members (excludes halogenated alkanes) is 5. The van der Waals surface area contributed by atoms with Gasteiger partial charge in [0.15, 0.2) is 0 Å². The van der Waals surface area contributed by atoms with Crippen molar-refractivity contribution in [3.63, 3.8) is 0 Å². The molecule has 0 aliphatic rings. The van der Waals surface area contributed by atoms with Gasteiger partial charge in [0.2, 0.25) is 0 Å². The van der Waals surface area contributed by atoms with Crippen LogP contribution in [-0.4, -0.2) is 0 Å². The molecule has 0 radical (unpaired) electrons. The van der Waals surface area contributed by atoms with Gasteiger partial charge in [0.25, 0.3) is 0 Å². The predicted molar refractivity (Wildman–Crippen MR) is 92.8 cm³/mol. The Bertz CT molecular complexity index is 472. The zero-order chi connectivity index (χ0) is 15.9. The van der Waals surface area contributed by atoms with Crippen LogP contribution in [0.5, 0.6) is 0 Å². The molecule has 0 amide bonds. The minimum absolute atomic E-state index is 0.203. The molecule has 0 N–H and O–H groups in total. The fourth-order valence-corrected chi connectivity index (χ4v) is 4.24. The molecule has 21 heavy (non-hydrogen) atoms. The summed E-state index contributed by atoms with van der Waals surface area (Å²) in [5, 5.41) is 0.203. The fraction of sp³-hybridized carbons (Fsp3) is 0.600. The van der Waals surface area contributed by atoms with E-state index in [1.165, 1.54) is 25.3 Å². The van der Waals surface area contributed by atoms with Crippen molar-refractivity contribution in [1.82, 2.24) is 0 Å². The van der Waals surface area contributed by atoms with E-state index in [1.807, 2.05) is 0 Å². The second-order valence-electron chi connectivity index (χ2n) is 5.16. The maximum Gasteiger partial charge on any atom is 0.417 e. The zero-order valence-corrected chi connectivity index (χ0v) is 14.9. The number of hydrogen-bond acceptors (Lipinski definition) is 1. The van der Waals surface area contributed by atoms with Gasteiger partial charge in [0.1, 0.15) is 0 Å². The molecule has 0 aliphatic carbocycles. The molecule has 0 fully saturated rings. The average Bonchev–Trinajstić information content (AvgIpc) is 2.41. The highest BCUT2D eigenvalue weighted by Gasteiger charge is 2.36. The SMILES string of the molecule is CCCCCCCCc1cccc([PH](=S)S)c1C(F)(F)F. The fourth-order valence-electron chi connectivity index (χ4n) is 2.42. The molecular formula is C15H22F3PS2. The number of aryl methyl sites for hydroxylation is 1. The third-order valence-corrected chi connectivity index (χ3v) is 5.72. The Morgan fingerprint density at radius 1 is 1.10 bits per heavy atom. The van der Waals surface area contributed by atoms with Crippen LogP contribution < -0.4 is 5.30 Å². The van der Waals surface area contributed by atoms with E-state index in [2.05, 4.69) is 19.2 Å². The molecule has 0 aromatic heterocycles. The Kier molecular flexibility index (Phi) is 8.36. The summed E-state index contributed by atoms with van der Waals surface area (Å²) >= 11 is 9.11. The molecule has 1 unspecified atom stereocenters. The van der Waals surface area contributed by atoms with Gasteiger partial charge >= 0.3 is 6.18 Å². The van der Waals surface area contributed by atoms with Crippen LogP contribution >= 0.6 is 18.1 Å². The summed E-state index contributed by atoms with van der Waals surface area (Å²) in [6, 6.07) is 4.72. The lowest BCUT2D eigenvalue weighted by Gasteiger charge is -2.17. The van der Waals surface area contributed by atoms with Gasteiger partial charge < -0.3 is 0 Å². The first-order valence-corrected chi connectivity index (χ1v) is 11.2. The molecule has 0 saturated heterocycles. The van der Waals surface area contributed by atoms with Crippen LogP contribution in [0, 0.1) is 0 Å². The van der Waals surface area contributed by atoms with Crippen LogP contribution in [0.2, 0.25) is 0 Å². The minimum atomic E-state index is -4.34. The second-order valence-corrected chi connectivity index (χ2v) is 9.78. The summed E-state index contributed by atoms with van der Waals surface area (Å²) in [6.07, 6.45) is 2.53. The van der Waals surface area contributed by atoms with E-state index in [4.69, 9.17) is 11.8 Å². The second kappa shape index (κ2) is 9.22. The highest BCUT2D eigenvalue weighted by Crippen LogP contribution is 2.38. The van der Waals surface area contributed by atoms with Crippen molar-refractivity contribution in [1.29, 1.82) is 0 Å². The molecule has 0 saturated carbocycles. The van der Waals surface area contributed by atoms with Crippen LogP contribution in [-0.2, 0) is 24.4 Å². The molecule has 1 rings (SSSR count). The van der Waals surface area contributed by atoms with Gasteiger partial charge in [0, 0.05) is 11.2 Å². The molecule has 1 aromatic rings. The molecule has 1 atom stereocenters. The van der Waals surface area contributed by atoms with E-state index in [-0.39, 0.29) is 5.30 Å². The highest BCUT2D eigenvalue weighted by molar-refractivity contribution is 8.58. The zero-order valence-electron chi connectivity index (χ0n) is 12.2. The molecule has 0 aliphatic heterocycles. The van der Waals surface area contributed by atoms with Crippen molar-refractivity contribution < 1.29 is 13.2 Å². The first-order valence-electron chi connectivity index (χ1n) is 7.30.